The standard InChI is InChI=1S/C27H30N4O5/c1-17(32)28-22-11-12-30(14-18-5-3-2-4-6-18)16-24(22)36-20-7-8-21-19(13-20)15-31(27(21)35)23-9-10-25(33)29-26(23)34/h2-8,13,22-24H,9-12,14-16H2,1H3,(H,28,32)(H,29,33,34)/t22-,23?,24-/m1/s1. The van der Waals surface area contributed by atoms with Gasteiger partial charge in [0.25, 0.3) is 5.91 Å². The van der Waals surface area contributed by atoms with Gasteiger partial charge in [-0.05, 0) is 42.2 Å². The van der Waals surface area contributed by atoms with Crippen LogP contribution in [0.3, 0.4) is 0 Å². The fourth-order valence-electron chi connectivity index (χ4n) is 5.31. The number of likely N-dealkylation sites (tertiary alicyclic amines) is 1. The molecule has 188 valence electrons. The molecular formula is C27H30N4O5. The van der Waals surface area contributed by atoms with Gasteiger partial charge in [0.05, 0.1) is 6.04 Å². The third-order valence-electron chi connectivity index (χ3n) is 7.06. The first-order valence-corrected chi connectivity index (χ1v) is 12.3. The van der Waals surface area contributed by atoms with Crippen LogP contribution in [0.5, 0.6) is 5.75 Å². The minimum Gasteiger partial charge on any atom is -0.487 e. The van der Waals surface area contributed by atoms with Gasteiger partial charge in [-0.15, -0.1) is 0 Å². The first-order chi connectivity index (χ1) is 17.4. The number of imide groups is 1. The number of nitrogens with zero attached hydrogens (tertiary/aromatic N) is 2. The molecule has 2 aromatic carbocycles. The third kappa shape index (κ3) is 5.11. The minimum absolute atomic E-state index is 0.0930. The molecule has 0 bridgehead atoms. The summed E-state index contributed by atoms with van der Waals surface area (Å²) in [5, 5.41) is 5.35. The van der Waals surface area contributed by atoms with Gasteiger partial charge in [-0.3, -0.25) is 29.4 Å². The number of amides is 4. The topological polar surface area (TPSA) is 108 Å². The lowest BCUT2D eigenvalue weighted by Crippen LogP contribution is -2.55. The van der Waals surface area contributed by atoms with E-state index in [1.165, 1.54) is 17.4 Å². The molecule has 0 aliphatic carbocycles. The van der Waals surface area contributed by atoms with E-state index in [-0.39, 0.29) is 42.8 Å². The van der Waals surface area contributed by atoms with Gasteiger partial charge in [-0.2, -0.15) is 0 Å². The van der Waals surface area contributed by atoms with Crippen LogP contribution >= 0.6 is 0 Å². The van der Waals surface area contributed by atoms with E-state index in [9.17, 15) is 19.2 Å². The largest absolute Gasteiger partial charge is 0.487 e. The Bertz CT molecular complexity index is 1180. The van der Waals surface area contributed by atoms with Crippen LogP contribution in [0.1, 0.15) is 47.7 Å². The Balaban J connectivity index is 1.30. The van der Waals surface area contributed by atoms with Crippen molar-refractivity contribution in [1.29, 1.82) is 0 Å². The summed E-state index contributed by atoms with van der Waals surface area (Å²) >= 11 is 0. The summed E-state index contributed by atoms with van der Waals surface area (Å²) in [6.45, 7) is 4.10. The molecule has 2 N–H and O–H groups in total. The number of hydrogen-bond acceptors (Lipinski definition) is 6. The molecule has 2 aromatic rings. The monoisotopic (exact) mass is 490 g/mol. The Morgan fingerprint density at radius 1 is 1.11 bits per heavy atom. The molecule has 36 heavy (non-hydrogen) atoms. The van der Waals surface area contributed by atoms with Gasteiger partial charge < -0.3 is 15.0 Å². The van der Waals surface area contributed by atoms with Crippen LogP contribution in [0.4, 0.5) is 0 Å². The number of benzene rings is 2. The molecule has 0 saturated carbocycles. The molecule has 3 heterocycles. The Labute approximate surface area is 209 Å². The van der Waals surface area contributed by atoms with Crippen molar-refractivity contribution >= 4 is 23.6 Å². The average molecular weight is 491 g/mol. The highest BCUT2D eigenvalue weighted by Gasteiger charge is 2.39. The van der Waals surface area contributed by atoms with Crippen molar-refractivity contribution in [2.45, 2.75) is 57.5 Å². The summed E-state index contributed by atoms with van der Waals surface area (Å²) in [7, 11) is 0. The lowest BCUT2D eigenvalue weighted by molar-refractivity contribution is -0.137. The van der Waals surface area contributed by atoms with E-state index in [1.807, 2.05) is 24.3 Å². The molecule has 0 aromatic heterocycles. The Morgan fingerprint density at radius 3 is 2.67 bits per heavy atom. The van der Waals surface area contributed by atoms with Crippen molar-refractivity contribution in [3.63, 3.8) is 0 Å². The smallest absolute Gasteiger partial charge is 0.255 e. The first kappa shape index (κ1) is 24.0. The van der Waals surface area contributed by atoms with Crippen LogP contribution in [-0.4, -0.2) is 64.7 Å². The Hall–Kier alpha value is -3.72. The molecule has 3 aliphatic rings. The van der Waals surface area contributed by atoms with Crippen molar-refractivity contribution < 1.29 is 23.9 Å². The minimum atomic E-state index is -0.652. The molecule has 3 atom stereocenters. The maximum atomic E-state index is 13.0. The summed E-state index contributed by atoms with van der Waals surface area (Å²) in [4.78, 5) is 52.5. The van der Waals surface area contributed by atoms with Gasteiger partial charge in [0.1, 0.15) is 17.9 Å². The predicted molar refractivity (Wildman–Crippen MR) is 131 cm³/mol. The fraction of sp³-hybridized carbons (Fsp3) is 0.407. The van der Waals surface area contributed by atoms with Crippen molar-refractivity contribution in [3.05, 3.63) is 65.2 Å². The van der Waals surface area contributed by atoms with E-state index in [1.54, 1.807) is 12.1 Å². The van der Waals surface area contributed by atoms with Crippen molar-refractivity contribution in [1.82, 2.24) is 20.4 Å². The van der Waals surface area contributed by atoms with Crippen molar-refractivity contribution in [2.75, 3.05) is 13.1 Å². The molecule has 3 aliphatic heterocycles. The number of fused-ring (bicyclic) bond motifs is 1. The highest BCUT2D eigenvalue weighted by atomic mass is 16.5. The number of rotatable bonds is 6. The van der Waals surface area contributed by atoms with Crippen LogP contribution in [0.15, 0.2) is 48.5 Å². The second kappa shape index (κ2) is 10.1. The second-order valence-electron chi connectivity index (χ2n) is 9.69. The average Bonchev–Trinajstić information content (AvgIpc) is 3.16. The normalized spacial score (nSPS) is 24.3. The molecule has 5 rings (SSSR count). The number of carbonyl (C=O) groups is 4. The summed E-state index contributed by atoms with van der Waals surface area (Å²) in [5.41, 5.74) is 2.55. The molecule has 4 amide bonds. The van der Waals surface area contributed by atoms with Crippen LogP contribution in [-0.2, 0) is 27.5 Å². The van der Waals surface area contributed by atoms with Gasteiger partial charge in [0.15, 0.2) is 0 Å². The molecule has 1 unspecified atom stereocenters. The maximum absolute atomic E-state index is 13.0. The summed E-state index contributed by atoms with van der Waals surface area (Å²) in [6, 6.07) is 14.8. The molecule has 0 radical (unpaired) electrons. The van der Waals surface area contributed by atoms with Gasteiger partial charge >= 0.3 is 0 Å². The van der Waals surface area contributed by atoms with Gasteiger partial charge in [0, 0.05) is 45.1 Å². The summed E-state index contributed by atoms with van der Waals surface area (Å²) in [5.74, 6) is -0.423. The van der Waals surface area contributed by atoms with E-state index in [2.05, 4.69) is 27.7 Å². The zero-order chi connectivity index (χ0) is 25.2. The molecule has 2 fully saturated rings. The van der Waals surface area contributed by atoms with Gasteiger partial charge in [0.2, 0.25) is 17.7 Å². The van der Waals surface area contributed by atoms with E-state index in [0.717, 1.165) is 25.1 Å². The van der Waals surface area contributed by atoms with E-state index < -0.39 is 11.9 Å². The van der Waals surface area contributed by atoms with E-state index in [4.69, 9.17) is 4.74 Å². The Kier molecular flexibility index (Phi) is 6.73. The van der Waals surface area contributed by atoms with Crippen molar-refractivity contribution in [2.24, 2.45) is 0 Å². The fourth-order valence-corrected chi connectivity index (χ4v) is 5.31. The second-order valence-corrected chi connectivity index (χ2v) is 9.69. The molecule has 0 spiro atoms. The first-order valence-electron chi connectivity index (χ1n) is 12.3. The molecule has 2 saturated heterocycles. The zero-order valence-corrected chi connectivity index (χ0v) is 20.2. The lowest BCUT2D eigenvalue weighted by atomic mass is 10.0. The number of nitrogens with one attached hydrogen (secondary N) is 2. The molecular weight excluding hydrogens is 460 g/mol. The number of hydrogen-bond donors (Lipinski definition) is 2. The highest BCUT2D eigenvalue weighted by molar-refractivity contribution is 6.05. The quantitative estimate of drug-likeness (QED) is 0.596. The zero-order valence-electron chi connectivity index (χ0n) is 20.2. The molecule has 9 heteroatoms. The summed E-state index contributed by atoms with van der Waals surface area (Å²) < 4.78 is 6.40. The highest BCUT2D eigenvalue weighted by Crippen LogP contribution is 2.31. The number of ether oxygens (including phenoxy) is 1. The van der Waals surface area contributed by atoms with Crippen LogP contribution in [0, 0.1) is 0 Å². The predicted octanol–water partition coefficient (Wildman–Crippen LogP) is 1.61. The van der Waals surface area contributed by atoms with Gasteiger partial charge in [-0.25, -0.2) is 0 Å². The number of carbonyl (C=O) groups excluding carboxylic acids is 4. The summed E-state index contributed by atoms with van der Waals surface area (Å²) in [6.07, 6.45) is 1.05. The van der Waals surface area contributed by atoms with Crippen LogP contribution in [0.25, 0.3) is 0 Å². The van der Waals surface area contributed by atoms with Crippen LogP contribution in [0.2, 0.25) is 0 Å². The Morgan fingerprint density at radius 2 is 1.92 bits per heavy atom. The molecule has 9 nitrogen and oxygen atoms in total. The van der Waals surface area contributed by atoms with E-state index in [0.29, 0.717) is 24.3 Å². The maximum Gasteiger partial charge on any atom is 0.255 e. The van der Waals surface area contributed by atoms with E-state index >= 15 is 0 Å². The number of piperidine rings is 2. The third-order valence-corrected chi connectivity index (χ3v) is 7.06. The van der Waals surface area contributed by atoms with Gasteiger partial charge in [-0.1, -0.05) is 30.3 Å². The van der Waals surface area contributed by atoms with Crippen LogP contribution < -0.4 is 15.4 Å². The van der Waals surface area contributed by atoms with Crippen molar-refractivity contribution in [3.8, 4) is 5.75 Å². The lowest BCUT2D eigenvalue weighted by Gasteiger charge is -2.38. The SMILES string of the molecule is CC(=O)N[C@@H]1CCN(Cc2ccccc2)C[C@H]1Oc1ccc2c(c1)CN(C1CCC(=O)NC1=O)C2=O.